The van der Waals surface area contributed by atoms with E-state index in [4.69, 9.17) is 10.5 Å². The normalized spacial score (nSPS) is 16.6. The van der Waals surface area contributed by atoms with E-state index in [1.165, 1.54) is 6.07 Å². The van der Waals surface area contributed by atoms with E-state index in [2.05, 4.69) is 0 Å². The fourth-order valence-electron chi connectivity index (χ4n) is 1.54. The lowest BCUT2D eigenvalue weighted by atomic mass is 10.1. The molecule has 1 aromatic rings. The van der Waals surface area contributed by atoms with E-state index in [1.54, 1.807) is 26.0 Å². The first kappa shape index (κ1) is 14.1. The van der Waals surface area contributed by atoms with Crippen molar-refractivity contribution in [1.82, 2.24) is 0 Å². The zero-order valence-corrected chi connectivity index (χ0v) is 10.5. The number of nitrogens with two attached hydrogens (primary N) is 1. The summed E-state index contributed by atoms with van der Waals surface area (Å²) in [5.74, 6) is -0.330. The maximum Gasteiger partial charge on any atom is 0.129 e. The molecule has 17 heavy (non-hydrogen) atoms. The fraction of sp³-hybridized carbons (Fsp3) is 0.538. The van der Waals surface area contributed by atoms with E-state index in [1.807, 2.05) is 6.92 Å². The summed E-state index contributed by atoms with van der Waals surface area (Å²) >= 11 is 0. The van der Waals surface area contributed by atoms with Gasteiger partial charge in [0, 0.05) is 12.1 Å². The molecule has 0 saturated carbocycles. The molecule has 4 heteroatoms. The number of ether oxygens (including phenoxy) is 1. The maximum absolute atomic E-state index is 13.7. The summed E-state index contributed by atoms with van der Waals surface area (Å²) in [6.07, 6.45) is -1.53. The molecule has 0 bridgehead atoms. The van der Waals surface area contributed by atoms with Crippen LogP contribution >= 0.6 is 0 Å². The second kappa shape index (κ2) is 6.10. The molecular formula is C13H20FNO2. The van der Waals surface area contributed by atoms with Gasteiger partial charge in [-0.1, -0.05) is 17.7 Å². The van der Waals surface area contributed by atoms with Crippen LogP contribution in [0.2, 0.25) is 0 Å². The van der Waals surface area contributed by atoms with Crippen LogP contribution in [0, 0.1) is 12.7 Å². The highest BCUT2D eigenvalue weighted by atomic mass is 19.1. The Kier molecular flexibility index (Phi) is 5.05. The molecule has 96 valence electrons. The Morgan fingerprint density at radius 3 is 2.59 bits per heavy atom. The zero-order chi connectivity index (χ0) is 13.0. The quantitative estimate of drug-likeness (QED) is 0.828. The molecule has 1 rings (SSSR count). The lowest BCUT2D eigenvalue weighted by Crippen LogP contribution is -2.28. The average Bonchev–Trinajstić information content (AvgIpc) is 2.29. The first-order valence-electron chi connectivity index (χ1n) is 5.75. The fourth-order valence-corrected chi connectivity index (χ4v) is 1.54. The first-order chi connectivity index (χ1) is 7.95. The lowest BCUT2D eigenvalue weighted by Gasteiger charge is -2.24. The molecule has 3 N–H and O–H groups in total. The van der Waals surface area contributed by atoms with Crippen LogP contribution in [0.1, 0.15) is 31.1 Å². The van der Waals surface area contributed by atoms with Gasteiger partial charge in [0.25, 0.3) is 0 Å². The molecule has 0 aliphatic rings. The number of aliphatic hydroxyl groups is 1. The SMILES string of the molecule is Cc1ccc(F)c(C(CN)OC(C)C(C)O)c1. The molecule has 3 unspecified atom stereocenters. The van der Waals surface area contributed by atoms with Crippen molar-refractivity contribution in [1.29, 1.82) is 0 Å². The minimum absolute atomic E-state index is 0.178. The number of aryl methyl sites for hydroxylation is 1. The Bertz CT molecular complexity index is 368. The molecule has 0 aliphatic heterocycles. The minimum atomic E-state index is -0.614. The summed E-state index contributed by atoms with van der Waals surface area (Å²) < 4.78 is 19.2. The van der Waals surface area contributed by atoms with Crippen LogP contribution in [-0.2, 0) is 4.74 Å². The zero-order valence-electron chi connectivity index (χ0n) is 10.5. The minimum Gasteiger partial charge on any atom is -0.391 e. The molecule has 0 aliphatic carbocycles. The van der Waals surface area contributed by atoms with E-state index in [9.17, 15) is 9.50 Å². The van der Waals surface area contributed by atoms with Crippen molar-refractivity contribution in [3.63, 3.8) is 0 Å². The summed E-state index contributed by atoms with van der Waals surface area (Å²) in [7, 11) is 0. The van der Waals surface area contributed by atoms with Gasteiger partial charge in [-0.05, 0) is 26.8 Å². The van der Waals surface area contributed by atoms with Gasteiger partial charge < -0.3 is 15.6 Å². The average molecular weight is 241 g/mol. The molecule has 0 heterocycles. The van der Waals surface area contributed by atoms with Gasteiger partial charge in [0.15, 0.2) is 0 Å². The lowest BCUT2D eigenvalue weighted by molar-refractivity contribution is -0.0602. The van der Waals surface area contributed by atoms with Crippen molar-refractivity contribution in [3.8, 4) is 0 Å². The van der Waals surface area contributed by atoms with E-state index in [0.717, 1.165) is 5.56 Å². The number of hydrogen-bond acceptors (Lipinski definition) is 3. The van der Waals surface area contributed by atoms with E-state index in [-0.39, 0.29) is 18.5 Å². The molecule has 0 spiro atoms. The van der Waals surface area contributed by atoms with Gasteiger partial charge in [-0.15, -0.1) is 0 Å². The number of halogens is 1. The second-order valence-electron chi connectivity index (χ2n) is 4.33. The van der Waals surface area contributed by atoms with Crippen LogP contribution in [0.15, 0.2) is 18.2 Å². The van der Waals surface area contributed by atoms with Crippen molar-refractivity contribution in [2.75, 3.05) is 6.54 Å². The number of benzene rings is 1. The highest BCUT2D eigenvalue weighted by Crippen LogP contribution is 2.23. The van der Waals surface area contributed by atoms with Gasteiger partial charge in [0.2, 0.25) is 0 Å². The Labute approximate surface area is 101 Å². The molecule has 0 aromatic heterocycles. The Balaban J connectivity index is 2.89. The Hall–Kier alpha value is -0.970. The largest absolute Gasteiger partial charge is 0.391 e. The van der Waals surface area contributed by atoms with E-state index < -0.39 is 12.2 Å². The monoisotopic (exact) mass is 241 g/mol. The summed E-state index contributed by atoms with van der Waals surface area (Å²) in [6.45, 7) is 5.43. The third-order valence-electron chi connectivity index (χ3n) is 2.77. The van der Waals surface area contributed by atoms with Crippen LogP contribution in [-0.4, -0.2) is 23.9 Å². The standard InChI is InChI=1S/C13H20FNO2/c1-8-4-5-12(14)11(6-8)13(7-15)17-10(3)9(2)16/h4-6,9-10,13,16H,7,15H2,1-3H3. The summed E-state index contributed by atoms with van der Waals surface area (Å²) in [5.41, 5.74) is 7.00. The van der Waals surface area contributed by atoms with Crippen LogP contribution in [0.5, 0.6) is 0 Å². The van der Waals surface area contributed by atoms with E-state index >= 15 is 0 Å². The topological polar surface area (TPSA) is 55.5 Å². The molecule has 3 atom stereocenters. The third kappa shape index (κ3) is 3.77. The van der Waals surface area contributed by atoms with Crippen LogP contribution in [0.3, 0.4) is 0 Å². The van der Waals surface area contributed by atoms with Crippen LogP contribution in [0.4, 0.5) is 4.39 Å². The summed E-state index contributed by atoms with van der Waals surface area (Å²) in [6, 6.07) is 4.83. The number of aliphatic hydroxyl groups excluding tert-OH is 1. The molecule has 0 radical (unpaired) electrons. The van der Waals surface area contributed by atoms with Gasteiger partial charge >= 0.3 is 0 Å². The van der Waals surface area contributed by atoms with Gasteiger partial charge in [0.1, 0.15) is 5.82 Å². The maximum atomic E-state index is 13.7. The smallest absolute Gasteiger partial charge is 0.129 e. The van der Waals surface area contributed by atoms with E-state index in [0.29, 0.717) is 5.56 Å². The molecule has 0 amide bonds. The van der Waals surface area contributed by atoms with Gasteiger partial charge in [0.05, 0.1) is 18.3 Å². The summed E-state index contributed by atoms with van der Waals surface area (Å²) in [4.78, 5) is 0. The number of hydrogen-bond donors (Lipinski definition) is 2. The molecule has 0 saturated heterocycles. The van der Waals surface area contributed by atoms with Crippen LogP contribution in [0.25, 0.3) is 0 Å². The van der Waals surface area contributed by atoms with Gasteiger partial charge in [-0.2, -0.15) is 0 Å². The molecule has 0 fully saturated rings. The summed E-state index contributed by atoms with van der Waals surface area (Å²) in [5, 5.41) is 9.38. The van der Waals surface area contributed by atoms with Crippen molar-refractivity contribution in [2.45, 2.75) is 39.1 Å². The molecule has 1 aromatic carbocycles. The highest BCUT2D eigenvalue weighted by molar-refractivity contribution is 5.26. The van der Waals surface area contributed by atoms with Crippen molar-refractivity contribution < 1.29 is 14.2 Å². The van der Waals surface area contributed by atoms with Gasteiger partial charge in [-0.25, -0.2) is 4.39 Å². The number of rotatable bonds is 5. The first-order valence-corrected chi connectivity index (χ1v) is 5.75. The molecular weight excluding hydrogens is 221 g/mol. The third-order valence-corrected chi connectivity index (χ3v) is 2.77. The predicted octanol–water partition coefficient (Wildman–Crippen LogP) is 1.92. The van der Waals surface area contributed by atoms with Crippen molar-refractivity contribution in [2.24, 2.45) is 5.73 Å². The van der Waals surface area contributed by atoms with Gasteiger partial charge in [-0.3, -0.25) is 0 Å². The Morgan fingerprint density at radius 1 is 1.41 bits per heavy atom. The predicted molar refractivity (Wildman–Crippen MR) is 65.2 cm³/mol. The second-order valence-corrected chi connectivity index (χ2v) is 4.33. The Morgan fingerprint density at radius 2 is 2.06 bits per heavy atom. The van der Waals surface area contributed by atoms with Crippen molar-refractivity contribution in [3.05, 3.63) is 35.1 Å². The van der Waals surface area contributed by atoms with Crippen molar-refractivity contribution >= 4 is 0 Å². The van der Waals surface area contributed by atoms with Crippen LogP contribution < -0.4 is 5.73 Å². The highest BCUT2D eigenvalue weighted by Gasteiger charge is 2.20. The molecule has 3 nitrogen and oxygen atoms in total.